The maximum Gasteiger partial charge on any atom is 0.0541 e. The highest BCUT2D eigenvalue weighted by Gasteiger charge is 2.18. The summed E-state index contributed by atoms with van der Waals surface area (Å²) < 4.78 is 2.39. The van der Waals surface area contributed by atoms with Crippen molar-refractivity contribution in [1.29, 1.82) is 0 Å². The normalized spacial score (nSPS) is 12.3. The van der Waals surface area contributed by atoms with E-state index in [-0.39, 0.29) is 0 Å². The minimum absolute atomic E-state index is 1.08. The van der Waals surface area contributed by atoms with E-state index in [1.807, 2.05) is 6.21 Å². The molecule has 6 aromatic carbocycles. The summed E-state index contributed by atoms with van der Waals surface area (Å²) in [6.07, 6.45) is 5.62. The average Bonchev–Trinajstić information content (AvgIpc) is 3.35. The van der Waals surface area contributed by atoms with Crippen molar-refractivity contribution in [3.05, 3.63) is 146 Å². The van der Waals surface area contributed by atoms with E-state index in [4.69, 9.17) is 0 Å². The van der Waals surface area contributed by atoms with Gasteiger partial charge in [-0.15, -0.1) is 0 Å². The molecule has 40 heavy (non-hydrogen) atoms. The van der Waals surface area contributed by atoms with Gasteiger partial charge in [-0.3, -0.25) is 4.99 Å². The number of hydrogen-bond acceptors (Lipinski definition) is 1. The summed E-state index contributed by atoms with van der Waals surface area (Å²) in [5, 5.41) is 7.40. The van der Waals surface area contributed by atoms with Gasteiger partial charge in [-0.1, -0.05) is 110 Å². The molecule has 0 amide bonds. The molecule has 7 aromatic rings. The average molecular weight is 513 g/mol. The predicted octanol–water partition coefficient (Wildman–Crippen LogP) is 10.4. The summed E-state index contributed by atoms with van der Waals surface area (Å²) in [6.45, 7) is 5.85. The highest BCUT2D eigenvalue weighted by atomic mass is 15.0. The highest BCUT2D eigenvalue weighted by molar-refractivity contribution is 6.25. The van der Waals surface area contributed by atoms with Crippen LogP contribution in [0.25, 0.3) is 65.7 Å². The molecule has 1 heterocycles. The Labute approximate surface area is 233 Å². The lowest BCUT2D eigenvalue weighted by Crippen LogP contribution is -1.96. The Kier molecular flexibility index (Phi) is 5.87. The van der Waals surface area contributed by atoms with Crippen LogP contribution in [0.5, 0.6) is 0 Å². The zero-order valence-corrected chi connectivity index (χ0v) is 22.4. The first kappa shape index (κ1) is 23.9. The number of nitrogens with zero attached hydrogens (tertiary/aromatic N) is 2. The predicted molar refractivity (Wildman–Crippen MR) is 174 cm³/mol. The molecule has 7 rings (SSSR count). The number of allylic oxidation sites excluding steroid dienone is 2. The molecule has 0 fully saturated rings. The number of benzene rings is 6. The second-order valence-electron chi connectivity index (χ2n) is 9.97. The number of rotatable bonds is 5. The second kappa shape index (κ2) is 9.83. The Morgan fingerprint density at radius 3 is 1.70 bits per heavy atom. The highest BCUT2D eigenvalue weighted by Crippen LogP contribution is 2.42. The van der Waals surface area contributed by atoms with E-state index in [2.05, 4.69) is 150 Å². The third-order valence-electron chi connectivity index (χ3n) is 7.82. The number of aliphatic imine (C=N–C) groups is 1. The molecule has 0 atom stereocenters. The van der Waals surface area contributed by atoms with Crippen LogP contribution in [-0.2, 0) is 0 Å². The van der Waals surface area contributed by atoms with Crippen LogP contribution in [0.15, 0.2) is 145 Å². The Morgan fingerprint density at radius 1 is 0.625 bits per heavy atom. The minimum atomic E-state index is 1.08. The molecule has 0 bridgehead atoms. The number of para-hydroxylation sites is 2. The van der Waals surface area contributed by atoms with Crippen LogP contribution in [0.4, 0.5) is 0 Å². The van der Waals surface area contributed by atoms with Crippen LogP contribution in [-0.4, -0.2) is 10.8 Å². The summed E-state index contributed by atoms with van der Waals surface area (Å²) in [5.41, 5.74) is 8.29. The maximum atomic E-state index is 4.37. The fraction of sp³-hybridized carbons (Fsp3) is 0.0263. The maximum absolute atomic E-state index is 4.37. The molecule has 0 aliphatic carbocycles. The molecule has 0 aliphatic rings. The van der Waals surface area contributed by atoms with Gasteiger partial charge >= 0.3 is 0 Å². The Morgan fingerprint density at radius 2 is 1.15 bits per heavy atom. The molecule has 190 valence electrons. The van der Waals surface area contributed by atoms with Crippen molar-refractivity contribution in [2.75, 3.05) is 0 Å². The molecule has 1 aromatic heterocycles. The van der Waals surface area contributed by atoms with E-state index in [9.17, 15) is 0 Å². The lowest BCUT2D eigenvalue weighted by atomic mass is 9.86. The zero-order valence-electron chi connectivity index (χ0n) is 22.4. The second-order valence-corrected chi connectivity index (χ2v) is 9.97. The Balaban J connectivity index is 1.55. The first-order chi connectivity index (χ1) is 19.8. The zero-order chi connectivity index (χ0) is 27.1. The molecule has 0 spiro atoms. The quantitative estimate of drug-likeness (QED) is 0.161. The molecule has 0 saturated heterocycles. The molecular formula is C38H28N2. The van der Waals surface area contributed by atoms with Crippen LogP contribution in [0.2, 0.25) is 0 Å². The summed E-state index contributed by atoms with van der Waals surface area (Å²) in [4.78, 5) is 4.37. The van der Waals surface area contributed by atoms with Crippen molar-refractivity contribution >= 4 is 55.1 Å². The standard InChI is InChI=1S/C38H28N2/c1-3-26(25-39-4-2)37-31-18-5-7-20-33(31)38(34-21-8-6-19-32(34)37)27-14-13-15-28(24-27)40-35-22-11-9-16-29(35)30-17-10-12-23-36(30)40/h3-25H,2H2,1H3/b26-3+,39-25-. The molecular weight excluding hydrogens is 484 g/mol. The fourth-order valence-corrected chi connectivity index (χ4v) is 6.17. The summed E-state index contributed by atoms with van der Waals surface area (Å²) in [7, 11) is 0. The Hall–Kier alpha value is -5.21. The van der Waals surface area contributed by atoms with Gasteiger partial charge in [-0.2, -0.15) is 0 Å². The smallest absolute Gasteiger partial charge is 0.0541 e. The van der Waals surface area contributed by atoms with Gasteiger partial charge in [0.15, 0.2) is 0 Å². The lowest BCUT2D eigenvalue weighted by molar-refractivity contribution is 1.18. The first-order valence-corrected chi connectivity index (χ1v) is 13.6. The molecule has 0 N–H and O–H groups in total. The van der Waals surface area contributed by atoms with E-state index in [1.54, 1.807) is 6.20 Å². The van der Waals surface area contributed by atoms with Crippen molar-refractivity contribution in [2.45, 2.75) is 6.92 Å². The van der Waals surface area contributed by atoms with Crippen LogP contribution in [0, 0.1) is 0 Å². The molecule has 0 radical (unpaired) electrons. The third-order valence-corrected chi connectivity index (χ3v) is 7.82. The number of fused-ring (bicyclic) bond motifs is 5. The molecule has 2 heteroatoms. The number of hydrogen-bond donors (Lipinski definition) is 0. The largest absolute Gasteiger partial charge is 0.309 e. The first-order valence-electron chi connectivity index (χ1n) is 13.6. The van der Waals surface area contributed by atoms with Gasteiger partial charge in [0.05, 0.1) is 11.0 Å². The van der Waals surface area contributed by atoms with E-state index >= 15 is 0 Å². The minimum Gasteiger partial charge on any atom is -0.309 e. The topological polar surface area (TPSA) is 17.3 Å². The van der Waals surface area contributed by atoms with E-state index in [0.29, 0.717) is 0 Å². The van der Waals surface area contributed by atoms with Gasteiger partial charge in [-0.25, -0.2) is 0 Å². The summed E-state index contributed by atoms with van der Waals surface area (Å²) in [6, 6.07) is 43.7. The van der Waals surface area contributed by atoms with Crippen LogP contribution >= 0.6 is 0 Å². The van der Waals surface area contributed by atoms with Gasteiger partial charge < -0.3 is 4.57 Å². The van der Waals surface area contributed by atoms with Crippen molar-refractivity contribution < 1.29 is 0 Å². The van der Waals surface area contributed by atoms with Crippen LogP contribution in [0.3, 0.4) is 0 Å². The van der Waals surface area contributed by atoms with Crippen LogP contribution in [0.1, 0.15) is 12.5 Å². The number of aromatic nitrogens is 1. The SMILES string of the molecule is C=C/N=C\C(=C/C)c1c2ccccc2c(-c2cccc(-n3c4ccccc4c4ccccc43)c2)c2ccccc12. The summed E-state index contributed by atoms with van der Waals surface area (Å²) >= 11 is 0. The fourth-order valence-electron chi connectivity index (χ4n) is 6.17. The van der Waals surface area contributed by atoms with Crippen molar-refractivity contribution in [1.82, 2.24) is 4.57 Å². The van der Waals surface area contributed by atoms with Crippen molar-refractivity contribution in [3.8, 4) is 16.8 Å². The van der Waals surface area contributed by atoms with Gasteiger partial charge in [0, 0.05) is 28.9 Å². The van der Waals surface area contributed by atoms with Gasteiger partial charge in [0.1, 0.15) is 0 Å². The molecule has 0 saturated carbocycles. The van der Waals surface area contributed by atoms with Crippen molar-refractivity contribution in [3.63, 3.8) is 0 Å². The molecule has 0 unspecified atom stereocenters. The molecule has 2 nitrogen and oxygen atoms in total. The van der Waals surface area contributed by atoms with Gasteiger partial charge in [0.25, 0.3) is 0 Å². The van der Waals surface area contributed by atoms with Gasteiger partial charge in [-0.05, 0) is 75.0 Å². The monoisotopic (exact) mass is 512 g/mol. The van der Waals surface area contributed by atoms with E-state index < -0.39 is 0 Å². The van der Waals surface area contributed by atoms with Crippen molar-refractivity contribution in [2.24, 2.45) is 4.99 Å². The molecule has 0 aliphatic heterocycles. The summed E-state index contributed by atoms with van der Waals surface area (Å²) in [5.74, 6) is 0. The third kappa shape index (κ3) is 3.69. The van der Waals surface area contributed by atoms with Gasteiger partial charge in [0.2, 0.25) is 0 Å². The Bertz CT molecular complexity index is 2030. The van der Waals surface area contributed by atoms with E-state index in [1.165, 1.54) is 60.0 Å². The van der Waals surface area contributed by atoms with Crippen LogP contribution < -0.4 is 0 Å². The van der Waals surface area contributed by atoms with E-state index in [0.717, 1.165) is 11.3 Å². The lowest BCUT2D eigenvalue weighted by Gasteiger charge is -2.18.